The van der Waals surface area contributed by atoms with Gasteiger partial charge in [0.2, 0.25) is 0 Å². The number of aliphatic imine (C=N–C) groups is 1. The molecule has 1 aromatic heterocycles. The lowest BCUT2D eigenvalue weighted by Crippen LogP contribution is -2.22. The number of aromatic hydroxyl groups is 1. The van der Waals surface area contributed by atoms with Crippen LogP contribution < -0.4 is 10.6 Å². The van der Waals surface area contributed by atoms with Crippen LogP contribution in [0.4, 0.5) is 20.2 Å². The van der Waals surface area contributed by atoms with Crippen molar-refractivity contribution in [2.24, 2.45) is 4.99 Å². The Morgan fingerprint density at radius 2 is 2.08 bits per heavy atom. The van der Waals surface area contributed by atoms with E-state index in [4.69, 9.17) is 0 Å². The van der Waals surface area contributed by atoms with Crippen molar-refractivity contribution in [2.45, 2.75) is 26.8 Å². The van der Waals surface area contributed by atoms with E-state index in [1.807, 2.05) is 13.8 Å². The number of hydrogen-bond acceptors (Lipinski definition) is 5. The van der Waals surface area contributed by atoms with Crippen molar-refractivity contribution < 1.29 is 18.7 Å². The van der Waals surface area contributed by atoms with Crippen LogP contribution in [0.1, 0.15) is 41.1 Å². The molecule has 3 N–H and O–H groups in total. The molecule has 2 rings (SSSR count). The molecule has 1 heterocycles. The summed E-state index contributed by atoms with van der Waals surface area (Å²) in [7, 11) is 1.66. The van der Waals surface area contributed by atoms with Gasteiger partial charge >= 0.3 is 0 Å². The Morgan fingerprint density at radius 3 is 2.60 bits per heavy atom. The third-order valence-corrected chi connectivity index (χ3v) is 4.15. The fraction of sp³-hybridized carbons (Fsp3) is 0.294. The molecule has 25 heavy (non-hydrogen) atoms. The second-order valence-electron chi connectivity index (χ2n) is 4.59. The Morgan fingerprint density at radius 1 is 1.40 bits per heavy atom. The van der Waals surface area contributed by atoms with E-state index >= 15 is 0 Å². The van der Waals surface area contributed by atoms with Gasteiger partial charge in [-0.15, -0.1) is 11.3 Å². The highest BCUT2D eigenvalue weighted by molar-refractivity contribution is 7.10. The second kappa shape index (κ2) is 9.73. The fourth-order valence-corrected chi connectivity index (χ4v) is 2.81. The van der Waals surface area contributed by atoms with Gasteiger partial charge in [0.1, 0.15) is 5.75 Å². The maximum absolute atomic E-state index is 12.6. The molecule has 0 aliphatic heterocycles. The molecule has 0 unspecified atom stereocenters. The van der Waals surface area contributed by atoms with E-state index in [2.05, 4.69) is 22.3 Å². The molecule has 0 atom stereocenters. The minimum Gasteiger partial charge on any atom is -0.508 e. The first-order valence-corrected chi connectivity index (χ1v) is 8.50. The number of benzene rings is 1. The SMILES string of the molecule is C=Nc1ccc(O)c(CNC(=O)c2csc(C(F)F)c2)c1NC.CC. The largest absolute Gasteiger partial charge is 0.508 e. The third-order valence-electron chi connectivity index (χ3n) is 3.21. The zero-order valence-corrected chi connectivity index (χ0v) is 15.1. The van der Waals surface area contributed by atoms with E-state index in [-0.39, 0.29) is 22.7 Å². The average molecular weight is 369 g/mol. The summed E-state index contributed by atoms with van der Waals surface area (Å²) < 4.78 is 25.1. The van der Waals surface area contributed by atoms with Crippen molar-refractivity contribution in [3.63, 3.8) is 0 Å². The first kappa shape index (κ1) is 20.6. The van der Waals surface area contributed by atoms with Gasteiger partial charge in [0.05, 0.1) is 21.8 Å². The molecule has 8 heteroatoms. The van der Waals surface area contributed by atoms with Gasteiger partial charge in [-0.1, -0.05) is 13.8 Å². The summed E-state index contributed by atoms with van der Waals surface area (Å²) in [6, 6.07) is 4.20. The van der Waals surface area contributed by atoms with Crippen molar-refractivity contribution in [1.82, 2.24) is 5.32 Å². The Labute approximate surface area is 149 Å². The zero-order valence-electron chi connectivity index (χ0n) is 14.3. The molecule has 0 aliphatic carbocycles. The summed E-state index contributed by atoms with van der Waals surface area (Å²) in [5.41, 5.74) is 1.67. The molecular weight excluding hydrogens is 348 g/mol. The standard InChI is InChI=1S/C15H15F2N3O2S.C2H6/c1-18-10-3-4-11(21)9(13(10)19-2)6-20-15(22)8-5-12(14(16)17)23-7-8;1-2/h3-5,7,14,19,21H,1,6H2,2H3,(H,20,22);1-2H3. The van der Waals surface area contributed by atoms with Crippen LogP contribution in [-0.2, 0) is 6.54 Å². The lowest BCUT2D eigenvalue weighted by atomic mass is 10.1. The number of thiophene rings is 1. The van der Waals surface area contributed by atoms with Crippen LogP contribution in [0.15, 0.2) is 28.6 Å². The molecule has 0 fully saturated rings. The van der Waals surface area contributed by atoms with Crippen LogP contribution in [0.25, 0.3) is 0 Å². The van der Waals surface area contributed by atoms with Gasteiger partial charge < -0.3 is 15.7 Å². The number of amides is 1. The molecule has 0 aliphatic rings. The number of rotatable bonds is 6. The van der Waals surface area contributed by atoms with Crippen molar-refractivity contribution in [1.29, 1.82) is 0 Å². The predicted octanol–water partition coefficient (Wildman–Crippen LogP) is 4.72. The molecule has 0 saturated heterocycles. The molecule has 2 aromatic rings. The van der Waals surface area contributed by atoms with Gasteiger partial charge in [0, 0.05) is 24.5 Å². The molecule has 0 saturated carbocycles. The van der Waals surface area contributed by atoms with Gasteiger partial charge in [-0.05, 0) is 24.9 Å². The number of alkyl halides is 2. The highest BCUT2D eigenvalue weighted by Gasteiger charge is 2.16. The summed E-state index contributed by atoms with van der Waals surface area (Å²) in [6.45, 7) is 7.46. The quantitative estimate of drug-likeness (QED) is 0.645. The first-order valence-electron chi connectivity index (χ1n) is 7.62. The molecule has 0 spiro atoms. The number of anilines is 1. The van der Waals surface area contributed by atoms with Crippen LogP contribution in [0.3, 0.4) is 0 Å². The Hall–Kier alpha value is -2.48. The van der Waals surface area contributed by atoms with Crippen LogP contribution >= 0.6 is 11.3 Å². The van der Waals surface area contributed by atoms with E-state index in [9.17, 15) is 18.7 Å². The summed E-state index contributed by atoms with van der Waals surface area (Å²) >= 11 is 0.829. The van der Waals surface area contributed by atoms with Crippen molar-refractivity contribution >= 4 is 35.3 Å². The minimum atomic E-state index is -2.60. The number of carbonyl (C=O) groups excluding carboxylic acids is 1. The molecule has 1 aromatic carbocycles. The van der Waals surface area contributed by atoms with E-state index in [1.165, 1.54) is 11.4 Å². The van der Waals surface area contributed by atoms with Gasteiger partial charge in [-0.25, -0.2) is 8.78 Å². The highest BCUT2D eigenvalue weighted by Crippen LogP contribution is 2.34. The van der Waals surface area contributed by atoms with E-state index in [1.54, 1.807) is 13.1 Å². The van der Waals surface area contributed by atoms with E-state index < -0.39 is 12.3 Å². The maximum atomic E-state index is 12.6. The molecule has 5 nitrogen and oxygen atoms in total. The van der Waals surface area contributed by atoms with E-state index in [0.29, 0.717) is 16.9 Å². The summed E-state index contributed by atoms with van der Waals surface area (Å²) in [5, 5.41) is 16.8. The number of phenolic OH excluding ortho intramolecular Hbond substituents is 1. The highest BCUT2D eigenvalue weighted by atomic mass is 32.1. The Balaban J connectivity index is 0.00000151. The van der Waals surface area contributed by atoms with Crippen molar-refractivity contribution in [2.75, 3.05) is 12.4 Å². The number of hydrogen-bond donors (Lipinski definition) is 3. The third kappa shape index (κ3) is 4.99. The van der Waals surface area contributed by atoms with Crippen LogP contribution in [-0.4, -0.2) is 24.8 Å². The first-order chi connectivity index (χ1) is 12.0. The maximum Gasteiger partial charge on any atom is 0.272 e. The number of nitrogens with zero attached hydrogens (tertiary/aromatic N) is 1. The molecule has 1 amide bonds. The molecule has 0 radical (unpaired) electrons. The second-order valence-corrected chi connectivity index (χ2v) is 5.53. The number of halogens is 2. The van der Waals surface area contributed by atoms with Crippen LogP contribution in [0.2, 0.25) is 0 Å². The minimum absolute atomic E-state index is 0.0133. The van der Waals surface area contributed by atoms with Crippen molar-refractivity contribution in [3.05, 3.63) is 39.6 Å². The van der Waals surface area contributed by atoms with Crippen molar-refractivity contribution in [3.8, 4) is 5.75 Å². The number of nitrogens with one attached hydrogen (secondary N) is 2. The van der Waals surface area contributed by atoms with Crippen LogP contribution in [0, 0.1) is 0 Å². The normalized spacial score (nSPS) is 10.0. The predicted molar refractivity (Wildman–Crippen MR) is 98.7 cm³/mol. The van der Waals surface area contributed by atoms with E-state index in [0.717, 1.165) is 17.4 Å². The smallest absolute Gasteiger partial charge is 0.272 e. The fourth-order valence-electron chi connectivity index (χ4n) is 2.07. The summed E-state index contributed by atoms with van der Waals surface area (Å²) in [5.74, 6) is -0.507. The monoisotopic (exact) mass is 369 g/mol. The number of carbonyl (C=O) groups is 1. The zero-order chi connectivity index (χ0) is 19.0. The van der Waals surface area contributed by atoms with Gasteiger partial charge in [0.15, 0.2) is 0 Å². The Kier molecular flexibility index (Phi) is 8.00. The lowest BCUT2D eigenvalue weighted by molar-refractivity contribution is 0.0951. The molecule has 0 bridgehead atoms. The summed E-state index contributed by atoms with van der Waals surface area (Å²) in [4.78, 5) is 15.7. The Bertz CT molecular complexity index is 733. The van der Waals surface area contributed by atoms with Crippen LogP contribution in [0.5, 0.6) is 5.75 Å². The van der Waals surface area contributed by atoms with Gasteiger partial charge in [0.25, 0.3) is 12.3 Å². The van der Waals surface area contributed by atoms with Gasteiger partial charge in [-0.2, -0.15) is 0 Å². The van der Waals surface area contributed by atoms with Gasteiger partial charge in [-0.3, -0.25) is 9.79 Å². The summed E-state index contributed by atoms with van der Waals surface area (Å²) in [6.07, 6.45) is -2.60. The number of phenols is 1. The topological polar surface area (TPSA) is 73.7 Å². The molecular formula is C17H21F2N3O2S. The average Bonchev–Trinajstić information content (AvgIpc) is 3.12. The lowest BCUT2D eigenvalue weighted by Gasteiger charge is -2.14. The molecule has 136 valence electrons.